The predicted molar refractivity (Wildman–Crippen MR) is 81.9 cm³/mol. The maximum absolute atomic E-state index is 5.46. The molecule has 4 nitrogen and oxygen atoms in total. The Morgan fingerprint density at radius 3 is 2.25 bits per heavy atom. The first-order valence-corrected chi connectivity index (χ1v) is 7.12. The maximum Gasteiger partial charge on any atom is 0.203 e. The zero-order valence-electron chi connectivity index (χ0n) is 13.3. The van der Waals surface area contributed by atoms with Gasteiger partial charge in [0.05, 0.1) is 21.3 Å². The zero-order valence-corrected chi connectivity index (χ0v) is 13.3. The number of benzene rings is 1. The second kappa shape index (κ2) is 8.69. The molecule has 114 valence electrons. The molecule has 0 aliphatic rings. The molecule has 1 rings (SSSR count). The zero-order chi connectivity index (χ0) is 15.0. The smallest absolute Gasteiger partial charge is 0.203 e. The van der Waals surface area contributed by atoms with E-state index in [-0.39, 0.29) is 0 Å². The van der Waals surface area contributed by atoms with Gasteiger partial charge < -0.3 is 19.5 Å². The summed E-state index contributed by atoms with van der Waals surface area (Å²) in [6.07, 6.45) is 2.43. The number of rotatable bonds is 9. The maximum atomic E-state index is 5.46. The van der Waals surface area contributed by atoms with Crippen LogP contribution < -0.4 is 19.5 Å². The number of methoxy groups -OCH3 is 3. The molecule has 20 heavy (non-hydrogen) atoms. The minimum absolute atomic E-state index is 0.650. The van der Waals surface area contributed by atoms with Gasteiger partial charge in [-0.05, 0) is 31.4 Å². The quantitative estimate of drug-likeness (QED) is 0.705. The fraction of sp³-hybridized carbons (Fsp3) is 0.625. The summed E-state index contributed by atoms with van der Waals surface area (Å²) in [4.78, 5) is 0. The summed E-state index contributed by atoms with van der Waals surface area (Å²) in [5, 5.41) is 3.44. The van der Waals surface area contributed by atoms with E-state index in [2.05, 4.69) is 19.2 Å². The molecule has 0 amide bonds. The molecule has 0 aliphatic heterocycles. The van der Waals surface area contributed by atoms with Gasteiger partial charge in [-0.1, -0.05) is 19.9 Å². The van der Waals surface area contributed by atoms with Crippen molar-refractivity contribution in [3.8, 4) is 17.2 Å². The molecule has 0 bridgehead atoms. The summed E-state index contributed by atoms with van der Waals surface area (Å²) in [5.74, 6) is 2.83. The molecule has 0 fully saturated rings. The highest BCUT2D eigenvalue weighted by Crippen LogP contribution is 2.39. The molecule has 1 aromatic carbocycles. The SMILES string of the molecule is COc1ccc(CNCCCC(C)C)c(OC)c1OC. The Morgan fingerprint density at radius 1 is 1.00 bits per heavy atom. The summed E-state index contributed by atoms with van der Waals surface area (Å²) in [5.41, 5.74) is 1.08. The first-order chi connectivity index (χ1) is 9.63. The van der Waals surface area contributed by atoms with Crippen molar-refractivity contribution in [2.24, 2.45) is 5.92 Å². The molecule has 0 saturated heterocycles. The Morgan fingerprint density at radius 2 is 1.70 bits per heavy atom. The van der Waals surface area contributed by atoms with Crippen molar-refractivity contribution in [3.05, 3.63) is 17.7 Å². The average molecular weight is 281 g/mol. The third kappa shape index (κ3) is 4.60. The molecule has 0 heterocycles. The lowest BCUT2D eigenvalue weighted by atomic mass is 10.1. The van der Waals surface area contributed by atoms with E-state index in [4.69, 9.17) is 14.2 Å². The van der Waals surface area contributed by atoms with E-state index in [1.807, 2.05) is 12.1 Å². The minimum Gasteiger partial charge on any atom is -0.493 e. The van der Waals surface area contributed by atoms with E-state index in [0.717, 1.165) is 30.3 Å². The average Bonchev–Trinajstić information content (AvgIpc) is 2.45. The van der Waals surface area contributed by atoms with Crippen LogP contribution in [0.15, 0.2) is 12.1 Å². The molecule has 0 radical (unpaired) electrons. The molecule has 0 aliphatic carbocycles. The third-order valence-corrected chi connectivity index (χ3v) is 3.24. The van der Waals surface area contributed by atoms with E-state index < -0.39 is 0 Å². The van der Waals surface area contributed by atoms with Gasteiger partial charge in [-0.25, -0.2) is 0 Å². The van der Waals surface area contributed by atoms with Crippen LogP contribution in [0.5, 0.6) is 17.2 Å². The lowest BCUT2D eigenvalue weighted by molar-refractivity contribution is 0.321. The summed E-state index contributed by atoms with van der Waals surface area (Å²) >= 11 is 0. The fourth-order valence-electron chi connectivity index (χ4n) is 2.16. The molecule has 1 aromatic rings. The summed E-state index contributed by atoms with van der Waals surface area (Å²) in [6.45, 7) is 6.27. The number of nitrogens with one attached hydrogen (secondary N) is 1. The standard InChI is InChI=1S/C16H27NO3/c1-12(2)7-6-10-17-11-13-8-9-14(18-3)16(20-5)15(13)19-4/h8-9,12,17H,6-7,10-11H2,1-5H3. The Bertz CT molecular complexity index is 405. The molecule has 0 saturated carbocycles. The highest BCUT2D eigenvalue weighted by molar-refractivity contribution is 5.55. The summed E-state index contributed by atoms with van der Waals surface area (Å²) in [7, 11) is 4.90. The summed E-state index contributed by atoms with van der Waals surface area (Å²) < 4.78 is 16.1. The predicted octanol–water partition coefficient (Wildman–Crippen LogP) is 3.24. The summed E-state index contributed by atoms with van der Waals surface area (Å²) in [6, 6.07) is 3.92. The minimum atomic E-state index is 0.650. The van der Waals surface area contributed by atoms with Crippen molar-refractivity contribution in [2.75, 3.05) is 27.9 Å². The van der Waals surface area contributed by atoms with Gasteiger partial charge in [0.1, 0.15) is 0 Å². The van der Waals surface area contributed by atoms with E-state index in [9.17, 15) is 0 Å². The van der Waals surface area contributed by atoms with Crippen LogP contribution in [-0.4, -0.2) is 27.9 Å². The lowest BCUT2D eigenvalue weighted by Gasteiger charge is -2.16. The first-order valence-electron chi connectivity index (χ1n) is 7.12. The second-order valence-corrected chi connectivity index (χ2v) is 5.21. The Kier molecular flexibility index (Phi) is 7.23. The van der Waals surface area contributed by atoms with Crippen molar-refractivity contribution in [1.82, 2.24) is 5.32 Å². The Labute approximate surface area is 122 Å². The van der Waals surface area contributed by atoms with Gasteiger partial charge in [0.25, 0.3) is 0 Å². The van der Waals surface area contributed by atoms with Gasteiger partial charge in [-0.15, -0.1) is 0 Å². The van der Waals surface area contributed by atoms with Gasteiger partial charge in [0.15, 0.2) is 11.5 Å². The van der Waals surface area contributed by atoms with Crippen molar-refractivity contribution >= 4 is 0 Å². The molecular formula is C16H27NO3. The molecule has 0 unspecified atom stereocenters. The van der Waals surface area contributed by atoms with Crippen molar-refractivity contribution in [2.45, 2.75) is 33.2 Å². The van der Waals surface area contributed by atoms with Gasteiger partial charge in [0, 0.05) is 12.1 Å². The van der Waals surface area contributed by atoms with Crippen LogP contribution in [0.2, 0.25) is 0 Å². The molecule has 1 N–H and O–H groups in total. The fourth-order valence-corrected chi connectivity index (χ4v) is 2.16. The van der Waals surface area contributed by atoms with Gasteiger partial charge >= 0.3 is 0 Å². The third-order valence-electron chi connectivity index (χ3n) is 3.24. The molecule has 0 spiro atoms. The van der Waals surface area contributed by atoms with Crippen LogP contribution in [0.25, 0.3) is 0 Å². The number of ether oxygens (including phenoxy) is 3. The number of hydrogen-bond donors (Lipinski definition) is 1. The molecule has 4 heteroatoms. The van der Waals surface area contributed by atoms with E-state index in [1.54, 1.807) is 21.3 Å². The Hall–Kier alpha value is -1.42. The highest BCUT2D eigenvalue weighted by atomic mass is 16.5. The van der Waals surface area contributed by atoms with Crippen LogP contribution >= 0.6 is 0 Å². The van der Waals surface area contributed by atoms with E-state index in [1.165, 1.54) is 12.8 Å². The monoisotopic (exact) mass is 281 g/mol. The van der Waals surface area contributed by atoms with Crippen molar-refractivity contribution in [3.63, 3.8) is 0 Å². The Balaban J connectivity index is 2.65. The van der Waals surface area contributed by atoms with Crippen molar-refractivity contribution in [1.29, 1.82) is 0 Å². The van der Waals surface area contributed by atoms with E-state index >= 15 is 0 Å². The number of hydrogen-bond acceptors (Lipinski definition) is 4. The normalized spacial score (nSPS) is 10.7. The van der Waals surface area contributed by atoms with Crippen LogP contribution in [0.3, 0.4) is 0 Å². The lowest BCUT2D eigenvalue weighted by Crippen LogP contribution is -2.16. The largest absolute Gasteiger partial charge is 0.493 e. The van der Waals surface area contributed by atoms with E-state index in [0.29, 0.717) is 11.5 Å². The van der Waals surface area contributed by atoms with Crippen LogP contribution in [-0.2, 0) is 6.54 Å². The molecule has 0 atom stereocenters. The second-order valence-electron chi connectivity index (χ2n) is 5.21. The van der Waals surface area contributed by atoms with Crippen LogP contribution in [0.4, 0.5) is 0 Å². The highest BCUT2D eigenvalue weighted by Gasteiger charge is 2.15. The van der Waals surface area contributed by atoms with Crippen LogP contribution in [0, 0.1) is 5.92 Å². The van der Waals surface area contributed by atoms with Gasteiger partial charge in [-0.3, -0.25) is 0 Å². The first kappa shape index (κ1) is 16.6. The van der Waals surface area contributed by atoms with Crippen molar-refractivity contribution < 1.29 is 14.2 Å². The van der Waals surface area contributed by atoms with Crippen LogP contribution in [0.1, 0.15) is 32.3 Å². The van der Waals surface area contributed by atoms with Gasteiger partial charge in [0.2, 0.25) is 5.75 Å². The topological polar surface area (TPSA) is 39.7 Å². The van der Waals surface area contributed by atoms with Gasteiger partial charge in [-0.2, -0.15) is 0 Å². The molecular weight excluding hydrogens is 254 g/mol. The molecule has 0 aromatic heterocycles.